The molecule has 1 aromatic carbocycles. The maximum absolute atomic E-state index is 12.1. The van der Waals surface area contributed by atoms with Crippen LogP contribution in [0.2, 0.25) is 0 Å². The highest BCUT2D eigenvalue weighted by atomic mass is 16.1. The molecule has 1 amide bonds. The third-order valence-corrected chi connectivity index (χ3v) is 3.45. The van der Waals surface area contributed by atoms with Crippen LogP contribution >= 0.6 is 0 Å². The molecule has 0 saturated carbocycles. The number of amides is 1. The summed E-state index contributed by atoms with van der Waals surface area (Å²) in [5, 5.41) is 12.6. The van der Waals surface area contributed by atoms with E-state index in [9.17, 15) is 4.79 Å². The maximum atomic E-state index is 12.1. The Kier molecular flexibility index (Phi) is 4.98. The second-order valence-electron chi connectivity index (χ2n) is 5.61. The maximum Gasteiger partial charge on any atom is 0.226 e. The van der Waals surface area contributed by atoms with E-state index in [1.54, 1.807) is 0 Å². The summed E-state index contributed by atoms with van der Waals surface area (Å²) in [6, 6.07) is 9.33. The minimum Gasteiger partial charge on any atom is -0.354 e. The predicted octanol–water partition coefficient (Wildman–Crippen LogP) is 2.32. The number of carbonyl (C=O) groups excluding carboxylic acids is 1. The Morgan fingerprint density at radius 2 is 1.96 bits per heavy atom. The smallest absolute Gasteiger partial charge is 0.226 e. The molecule has 0 spiro atoms. The number of anilines is 2. The summed E-state index contributed by atoms with van der Waals surface area (Å²) >= 11 is 0. The molecule has 3 aromatic rings. The molecule has 0 atom stereocenters. The van der Waals surface area contributed by atoms with E-state index < -0.39 is 0 Å². The molecular weight excluding hydrogens is 318 g/mol. The lowest BCUT2D eigenvalue weighted by molar-refractivity contribution is -0.115. The van der Waals surface area contributed by atoms with Crippen LogP contribution in [-0.2, 0) is 4.79 Å². The van der Waals surface area contributed by atoms with Crippen molar-refractivity contribution in [2.45, 2.75) is 20.3 Å². The minimum absolute atomic E-state index is 0.0911. The van der Waals surface area contributed by atoms with Crippen molar-refractivity contribution in [3.8, 4) is 11.4 Å². The molecule has 0 aliphatic rings. The molecule has 0 unspecified atom stereocenters. The van der Waals surface area contributed by atoms with E-state index in [-0.39, 0.29) is 5.91 Å². The van der Waals surface area contributed by atoms with E-state index in [0.29, 0.717) is 30.4 Å². The first-order valence-electron chi connectivity index (χ1n) is 7.92. The van der Waals surface area contributed by atoms with E-state index in [4.69, 9.17) is 0 Å². The normalized spacial score (nSPS) is 10.5. The fourth-order valence-corrected chi connectivity index (χ4v) is 2.41. The SMILES string of the molecule is Cc1cc(C)nc(NCCC(=O)Nc2cccc(-c3ncn[nH]3)c2)n1. The van der Waals surface area contributed by atoms with E-state index in [1.165, 1.54) is 6.33 Å². The zero-order valence-electron chi connectivity index (χ0n) is 14.1. The fraction of sp³-hybridized carbons (Fsp3) is 0.235. The summed E-state index contributed by atoms with van der Waals surface area (Å²) in [6.45, 7) is 4.28. The van der Waals surface area contributed by atoms with Crippen molar-refractivity contribution >= 4 is 17.5 Å². The van der Waals surface area contributed by atoms with Crippen molar-refractivity contribution in [2.24, 2.45) is 0 Å². The highest BCUT2D eigenvalue weighted by Gasteiger charge is 2.06. The Balaban J connectivity index is 1.53. The van der Waals surface area contributed by atoms with Gasteiger partial charge in [0, 0.05) is 35.6 Å². The lowest BCUT2D eigenvalue weighted by atomic mass is 10.2. The second kappa shape index (κ2) is 7.52. The van der Waals surface area contributed by atoms with Gasteiger partial charge in [0.1, 0.15) is 6.33 Å². The van der Waals surface area contributed by atoms with Crippen molar-refractivity contribution in [3.63, 3.8) is 0 Å². The van der Waals surface area contributed by atoms with Crippen LogP contribution < -0.4 is 10.6 Å². The van der Waals surface area contributed by atoms with Crippen molar-refractivity contribution < 1.29 is 4.79 Å². The van der Waals surface area contributed by atoms with Gasteiger partial charge in [-0.05, 0) is 32.0 Å². The molecule has 0 aliphatic heterocycles. The fourth-order valence-electron chi connectivity index (χ4n) is 2.41. The third-order valence-electron chi connectivity index (χ3n) is 3.45. The molecule has 25 heavy (non-hydrogen) atoms. The molecule has 0 bridgehead atoms. The summed E-state index contributed by atoms with van der Waals surface area (Å²) in [6.07, 6.45) is 1.75. The van der Waals surface area contributed by atoms with Crippen molar-refractivity contribution in [2.75, 3.05) is 17.2 Å². The molecule has 8 heteroatoms. The minimum atomic E-state index is -0.0911. The molecular formula is C17H19N7O. The molecule has 3 N–H and O–H groups in total. The summed E-state index contributed by atoms with van der Waals surface area (Å²) in [5.41, 5.74) is 3.35. The molecule has 2 aromatic heterocycles. The van der Waals surface area contributed by atoms with Crippen LogP contribution in [0.1, 0.15) is 17.8 Å². The highest BCUT2D eigenvalue weighted by Crippen LogP contribution is 2.18. The molecule has 3 rings (SSSR count). The van der Waals surface area contributed by atoms with Gasteiger partial charge in [0.2, 0.25) is 11.9 Å². The predicted molar refractivity (Wildman–Crippen MR) is 95.1 cm³/mol. The van der Waals surface area contributed by atoms with Crippen molar-refractivity contribution in [1.29, 1.82) is 0 Å². The topological polar surface area (TPSA) is 108 Å². The van der Waals surface area contributed by atoms with Crippen LogP contribution in [0.25, 0.3) is 11.4 Å². The summed E-state index contributed by atoms with van der Waals surface area (Å²) in [4.78, 5) is 24.8. The lowest BCUT2D eigenvalue weighted by Gasteiger charge is -2.08. The van der Waals surface area contributed by atoms with Gasteiger partial charge in [-0.1, -0.05) is 12.1 Å². The van der Waals surface area contributed by atoms with Gasteiger partial charge in [-0.2, -0.15) is 5.10 Å². The first-order valence-corrected chi connectivity index (χ1v) is 7.92. The highest BCUT2D eigenvalue weighted by molar-refractivity contribution is 5.91. The Hall–Kier alpha value is -3.29. The number of aromatic amines is 1. The molecule has 0 fully saturated rings. The number of hydrogen-bond donors (Lipinski definition) is 3. The zero-order chi connectivity index (χ0) is 17.6. The van der Waals surface area contributed by atoms with Gasteiger partial charge < -0.3 is 10.6 Å². The number of rotatable bonds is 6. The largest absolute Gasteiger partial charge is 0.354 e. The second-order valence-corrected chi connectivity index (χ2v) is 5.61. The number of benzene rings is 1. The van der Waals surface area contributed by atoms with Gasteiger partial charge in [0.15, 0.2) is 5.82 Å². The monoisotopic (exact) mass is 337 g/mol. The summed E-state index contributed by atoms with van der Waals surface area (Å²) < 4.78 is 0. The number of aryl methyl sites for hydroxylation is 2. The van der Waals surface area contributed by atoms with E-state index in [0.717, 1.165) is 17.0 Å². The number of aromatic nitrogens is 5. The first kappa shape index (κ1) is 16.6. The Morgan fingerprint density at radius 3 is 2.68 bits per heavy atom. The number of nitrogens with one attached hydrogen (secondary N) is 3. The molecule has 0 radical (unpaired) electrons. The summed E-state index contributed by atoms with van der Waals surface area (Å²) in [7, 11) is 0. The number of H-pyrrole nitrogens is 1. The van der Waals surface area contributed by atoms with Crippen LogP contribution in [0.15, 0.2) is 36.7 Å². The molecule has 0 aliphatic carbocycles. The van der Waals surface area contributed by atoms with Crippen LogP contribution in [0.4, 0.5) is 11.6 Å². The third kappa shape index (κ3) is 4.60. The number of hydrogen-bond acceptors (Lipinski definition) is 6. The van der Waals surface area contributed by atoms with Gasteiger partial charge in [0.05, 0.1) is 0 Å². The molecule has 8 nitrogen and oxygen atoms in total. The molecule has 128 valence electrons. The van der Waals surface area contributed by atoms with Crippen LogP contribution in [0, 0.1) is 13.8 Å². The lowest BCUT2D eigenvalue weighted by Crippen LogP contribution is -2.17. The first-order chi connectivity index (χ1) is 12.1. The summed E-state index contributed by atoms with van der Waals surface area (Å²) in [5.74, 6) is 1.11. The molecule has 2 heterocycles. The molecule has 0 saturated heterocycles. The van der Waals surface area contributed by atoms with E-state index in [1.807, 2.05) is 44.2 Å². The Bertz CT molecular complexity index is 841. The average molecular weight is 337 g/mol. The Labute approximate surface area is 145 Å². The van der Waals surface area contributed by atoms with Gasteiger partial charge in [0.25, 0.3) is 0 Å². The van der Waals surface area contributed by atoms with Crippen LogP contribution in [0.5, 0.6) is 0 Å². The van der Waals surface area contributed by atoms with Gasteiger partial charge >= 0.3 is 0 Å². The van der Waals surface area contributed by atoms with Gasteiger partial charge in [-0.15, -0.1) is 0 Å². The van der Waals surface area contributed by atoms with E-state index in [2.05, 4.69) is 35.8 Å². The zero-order valence-corrected chi connectivity index (χ0v) is 14.1. The van der Waals surface area contributed by atoms with Crippen LogP contribution in [-0.4, -0.2) is 37.6 Å². The van der Waals surface area contributed by atoms with E-state index >= 15 is 0 Å². The van der Waals surface area contributed by atoms with Crippen molar-refractivity contribution in [1.82, 2.24) is 25.1 Å². The number of nitrogens with zero attached hydrogens (tertiary/aromatic N) is 4. The van der Waals surface area contributed by atoms with Crippen LogP contribution in [0.3, 0.4) is 0 Å². The quantitative estimate of drug-likeness (QED) is 0.637. The number of carbonyl (C=O) groups is 1. The Morgan fingerprint density at radius 1 is 1.16 bits per heavy atom. The van der Waals surface area contributed by atoms with Crippen molar-refractivity contribution in [3.05, 3.63) is 48.0 Å². The van der Waals surface area contributed by atoms with Gasteiger partial charge in [-0.3, -0.25) is 9.89 Å². The average Bonchev–Trinajstić information content (AvgIpc) is 3.08. The van der Waals surface area contributed by atoms with Gasteiger partial charge in [-0.25, -0.2) is 15.0 Å². The standard InChI is InChI=1S/C17H19N7O/c1-11-8-12(2)22-17(21-11)18-7-6-15(25)23-14-5-3-4-13(9-14)16-19-10-20-24-16/h3-5,8-10H,6-7H2,1-2H3,(H,23,25)(H,18,21,22)(H,19,20,24).